The van der Waals surface area contributed by atoms with Gasteiger partial charge in [-0.1, -0.05) is 48.0 Å². The minimum Gasteiger partial charge on any atom is -0.311 e. The predicted molar refractivity (Wildman–Crippen MR) is 127 cm³/mol. The van der Waals surface area contributed by atoms with E-state index in [1.807, 2.05) is 61.5 Å². The van der Waals surface area contributed by atoms with Crippen molar-refractivity contribution in [1.82, 2.24) is 29.5 Å². The van der Waals surface area contributed by atoms with Crippen LogP contribution in [0, 0.1) is 6.92 Å². The van der Waals surface area contributed by atoms with Gasteiger partial charge in [0.15, 0.2) is 11.5 Å². The lowest BCUT2D eigenvalue weighted by molar-refractivity contribution is -0.116. The Bertz CT molecular complexity index is 1440. The summed E-state index contributed by atoms with van der Waals surface area (Å²) in [6.07, 6.45) is 4.16. The summed E-state index contributed by atoms with van der Waals surface area (Å²) in [5.41, 5.74) is 3.26. The van der Waals surface area contributed by atoms with Crippen molar-refractivity contribution < 1.29 is 4.79 Å². The number of fused-ring (bicyclic) bond motifs is 1. The van der Waals surface area contributed by atoms with Gasteiger partial charge in [-0.3, -0.25) is 4.79 Å². The SMILES string of the molecule is Cc1cc(NC(=O)CCc2ccccc2)n(-c2ncnc3c2cnn3-c2cccc(Cl)c2)n1. The summed E-state index contributed by atoms with van der Waals surface area (Å²) >= 11 is 6.15. The van der Waals surface area contributed by atoms with E-state index in [1.54, 1.807) is 21.6 Å². The number of nitrogens with one attached hydrogen (secondary N) is 1. The molecular formula is C24H20ClN7O. The first-order chi connectivity index (χ1) is 16.1. The molecule has 0 fully saturated rings. The fourth-order valence-electron chi connectivity index (χ4n) is 3.66. The molecule has 0 bridgehead atoms. The van der Waals surface area contributed by atoms with Crippen LogP contribution < -0.4 is 5.32 Å². The van der Waals surface area contributed by atoms with E-state index in [0.717, 1.165) is 16.9 Å². The van der Waals surface area contributed by atoms with Gasteiger partial charge in [0.05, 0.1) is 23.0 Å². The molecule has 1 amide bonds. The molecule has 0 saturated heterocycles. The molecule has 0 aliphatic carbocycles. The van der Waals surface area contributed by atoms with Crippen LogP contribution in [0.4, 0.5) is 5.82 Å². The van der Waals surface area contributed by atoms with Crippen molar-refractivity contribution in [2.24, 2.45) is 0 Å². The van der Waals surface area contributed by atoms with Crippen LogP contribution in [-0.4, -0.2) is 35.4 Å². The zero-order valence-corrected chi connectivity index (χ0v) is 18.6. The maximum absolute atomic E-state index is 12.6. The van der Waals surface area contributed by atoms with E-state index >= 15 is 0 Å². The van der Waals surface area contributed by atoms with Crippen molar-refractivity contribution >= 4 is 34.4 Å². The zero-order valence-electron chi connectivity index (χ0n) is 17.8. The van der Waals surface area contributed by atoms with Crippen LogP contribution in [0.1, 0.15) is 17.7 Å². The largest absolute Gasteiger partial charge is 0.311 e. The molecule has 9 heteroatoms. The molecule has 0 aliphatic rings. The zero-order chi connectivity index (χ0) is 22.8. The Balaban J connectivity index is 1.45. The smallest absolute Gasteiger partial charge is 0.225 e. The van der Waals surface area contributed by atoms with Crippen LogP contribution in [0.5, 0.6) is 0 Å². The Hall–Kier alpha value is -4.04. The van der Waals surface area contributed by atoms with Crippen LogP contribution in [0.15, 0.2) is 73.2 Å². The van der Waals surface area contributed by atoms with Gasteiger partial charge in [-0.05, 0) is 37.1 Å². The van der Waals surface area contributed by atoms with Gasteiger partial charge in [-0.25, -0.2) is 14.6 Å². The Kier molecular flexibility index (Phi) is 5.58. The van der Waals surface area contributed by atoms with E-state index in [9.17, 15) is 4.79 Å². The van der Waals surface area contributed by atoms with Crippen molar-refractivity contribution in [2.45, 2.75) is 19.8 Å². The molecule has 1 N–H and O–H groups in total. The molecule has 0 unspecified atom stereocenters. The third kappa shape index (κ3) is 4.33. The van der Waals surface area contributed by atoms with Crippen molar-refractivity contribution in [3.05, 3.63) is 89.5 Å². The number of aromatic nitrogens is 6. The first kappa shape index (κ1) is 20.8. The molecule has 3 aromatic heterocycles. The highest BCUT2D eigenvalue weighted by Gasteiger charge is 2.17. The lowest BCUT2D eigenvalue weighted by Gasteiger charge is -2.09. The van der Waals surface area contributed by atoms with E-state index in [1.165, 1.54) is 6.33 Å². The summed E-state index contributed by atoms with van der Waals surface area (Å²) in [7, 11) is 0. The summed E-state index contributed by atoms with van der Waals surface area (Å²) in [6.45, 7) is 1.86. The molecule has 5 aromatic rings. The molecule has 8 nitrogen and oxygen atoms in total. The maximum atomic E-state index is 12.6. The Morgan fingerprint density at radius 3 is 2.70 bits per heavy atom. The van der Waals surface area contributed by atoms with E-state index in [4.69, 9.17) is 11.6 Å². The van der Waals surface area contributed by atoms with E-state index in [-0.39, 0.29) is 5.91 Å². The predicted octanol–water partition coefficient (Wildman–Crippen LogP) is 4.53. The molecule has 2 aromatic carbocycles. The van der Waals surface area contributed by atoms with Gasteiger partial charge in [-0.2, -0.15) is 14.9 Å². The quantitative estimate of drug-likeness (QED) is 0.404. The minimum atomic E-state index is -0.0973. The monoisotopic (exact) mass is 457 g/mol. The molecule has 0 saturated carbocycles. The molecule has 33 heavy (non-hydrogen) atoms. The summed E-state index contributed by atoms with van der Waals surface area (Å²) in [6, 6.07) is 19.1. The second-order valence-corrected chi connectivity index (χ2v) is 8.02. The number of hydrogen-bond donors (Lipinski definition) is 1. The number of anilines is 1. The van der Waals surface area contributed by atoms with Gasteiger partial charge in [0.1, 0.15) is 12.1 Å². The number of hydrogen-bond acceptors (Lipinski definition) is 5. The molecule has 5 rings (SSSR count). The molecule has 0 atom stereocenters. The number of nitrogens with zero attached hydrogens (tertiary/aromatic N) is 6. The number of carbonyl (C=O) groups is 1. The fourth-order valence-corrected chi connectivity index (χ4v) is 3.84. The third-order valence-corrected chi connectivity index (χ3v) is 5.42. The highest BCUT2D eigenvalue weighted by molar-refractivity contribution is 6.30. The van der Waals surface area contributed by atoms with Gasteiger partial charge in [-0.15, -0.1) is 0 Å². The lowest BCUT2D eigenvalue weighted by Crippen LogP contribution is -2.16. The molecule has 0 radical (unpaired) electrons. The van der Waals surface area contributed by atoms with Gasteiger partial charge in [0.25, 0.3) is 0 Å². The molecule has 0 aliphatic heterocycles. The van der Waals surface area contributed by atoms with E-state index in [2.05, 4.69) is 25.5 Å². The summed E-state index contributed by atoms with van der Waals surface area (Å²) in [5, 5.41) is 13.3. The average molecular weight is 458 g/mol. The molecule has 164 valence electrons. The van der Waals surface area contributed by atoms with Crippen LogP contribution >= 0.6 is 11.6 Å². The highest BCUT2D eigenvalue weighted by atomic mass is 35.5. The Labute approximate surface area is 194 Å². The summed E-state index contributed by atoms with van der Waals surface area (Å²) in [4.78, 5) is 21.5. The van der Waals surface area contributed by atoms with Gasteiger partial charge >= 0.3 is 0 Å². The minimum absolute atomic E-state index is 0.0973. The second-order valence-electron chi connectivity index (χ2n) is 7.59. The van der Waals surface area contributed by atoms with Gasteiger partial charge in [0.2, 0.25) is 5.91 Å². The fraction of sp³-hybridized carbons (Fsp3) is 0.125. The number of rotatable bonds is 6. The average Bonchev–Trinajstić information content (AvgIpc) is 3.41. The Morgan fingerprint density at radius 1 is 1.03 bits per heavy atom. The van der Waals surface area contributed by atoms with E-state index in [0.29, 0.717) is 40.5 Å². The van der Waals surface area contributed by atoms with Crippen LogP contribution in [0.2, 0.25) is 5.02 Å². The van der Waals surface area contributed by atoms with E-state index < -0.39 is 0 Å². The molecule has 3 heterocycles. The van der Waals surface area contributed by atoms with Crippen LogP contribution in [-0.2, 0) is 11.2 Å². The number of benzene rings is 2. The number of halogens is 1. The maximum Gasteiger partial charge on any atom is 0.225 e. The van der Waals surface area contributed by atoms with Gasteiger partial charge < -0.3 is 5.32 Å². The molecule has 0 spiro atoms. The van der Waals surface area contributed by atoms with Crippen LogP contribution in [0.25, 0.3) is 22.5 Å². The van der Waals surface area contributed by atoms with Crippen molar-refractivity contribution in [3.8, 4) is 11.5 Å². The normalized spacial score (nSPS) is 11.1. The van der Waals surface area contributed by atoms with Crippen molar-refractivity contribution in [3.63, 3.8) is 0 Å². The first-order valence-electron chi connectivity index (χ1n) is 10.4. The lowest BCUT2D eigenvalue weighted by atomic mass is 10.1. The van der Waals surface area contributed by atoms with Gasteiger partial charge in [0, 0.05) is 17.5 Å². The van der Waals surface area contributed by atoms with Crippen molar-refractivity contribution in [2.75, 3.05) is 5.32 Å². The third-order valence-electron chi connectivity index (χ3n) is 5.18. The topological polar surface area (TPSA) is 90.5 Å². The number of carbonyl (C=O) groups excluding carboxylic acids is 1. The summed E-state index contributed by atoms with van der Waals surface area (Å²) in [5.74, 6) is 0.973. The van der Waals surface area contributed by atoms with Crippen molar-refractivity contribution in [1.29, 1.82) is 0 Å². The molecular weight excluding hydrogens is 438 g/mol. The highest BCUT2D eigenvalue weighted by Crippen LogP contribution is 2.25. The summed E-state index contributed by atoms with van der Waals surface area (Å²) < 4.78 is 3.31. The Morgan fingerprint density at radius 2 is 1.88 bits per heavy atom. The standard InChI is InChI=1S/C24H20ClN7O/c1-16-12-21(29-22(33)11-10-17-6-3-2-4-7-17)32(30-16)24-20-14-28-31(23(20)26-15-27-24)19-9-5-8-18(25)13-19/h2-9,12-15H,10-11H2,1H3,(H,29,33). The number of aryl methyl sites for hydroxylation is 2. The van der Waals surface area contributed by atoms with Crippen LogP contribution in [0.3, 0.4) is 0 Å². The number of amides is 1. The second kappa shape index (κ2) is 8.84. The first-order valence-corrected chi connectivity index (χ1v) is 10.8.